The highest BCUT2D eigenvalue weighted by atomic mass is 19.1. The molecule has 1 heterocycles. The summed E-state index contributed by atoms with van der Waals surface area (Å²) in [7, 11) is 0. The maximum atomic E-state index is 13.9. The molecule has 0 radical (unpaired) electrons. The van der Waals surface area contributed by atoms with Crippen molar-refractivity contribution in [1.82, 2.24) is 4.90 Å². The van der Waals surface area contributed by atoms with E-state index in [0.29, 0.717) is 0 Å². The smallest absolute Gasteiger partial charge is 0.407 e. The Morgan fingerprint density at radius 2 is 2.50 bits per heavy atom. The molecule has 78 valence electrons. The lowest BCUT2D eigenvalue weighted by atomic mass is 9.98. The first-order valence-corrected chi connectivity index (χ1v) is 4.20. The molecule has 1 rings (SSSR count). The van der Waals surface area contributed by atoms with E-state index in [1.807, 2.05) is 0 Å². The fourth-order valence-corrected chi connectivity index (χ4v) is 1.48. The van der Waals surface area contributed by atoms with Gasteiger partial charge < -0.3 is 10.0 Å². The van der Waals surface area contributed by atoms with E-state index in [0.717, 1.165) is 4.90 Å². The van der Waals surface area contributed by atoms with E-state index in [1.54, 1.807) is 0 Å². The highest BCUT2D eigenvalue weighted by Crippen LogP contribution is 2.30. The summed E-state index contributed by atoms with van der Waals surface area (Å²) in [5.41, 5.74) is 6.43. The van der Waals surface area contributed by atoms with Gasteiger partial charge in [-0.15, -0.1) is 0 Å². The second-order valence-corrected chi connectivity index (χ2v) is 3.37. The van der Waals surface area contributed by atoms with Gasteiger partial charge in [-0.2, -0.15) is 0 Å². The molecule has 6 nitrogen and oxygen atoms in total. The van der Waals surface area contributed by atoms with E-state index in [2.05, 4.69) is 10.0 Å². The Labute approximate surface area is 79.9 Å². The Morgan fingerprint density at radius 3 is 2.93 bits per heavy atom. The van der Waals surface area contributed by atoms with Crippen molar-refractivity contribution in [3.05, 3.63) is 10.4 Å². The molecule has 14 heavy (non-hydrogen) atoms. The molecule has 1 amide bonds. The van der Waals surface area contributed by atoms with Gasteiger partial charge in [-0.3, -0.25) is 0 Å². The molecule has 1 aliphatic heterocycles. The average Bonchev–Trinajstić information content (AvgIpc) is 2.50. The molecule has 1 fully saturated rings. The summed E-state index contributed by atoms with van der Waals surface area (Å²) in [5, 5.41) is 11.9. The molecule has 0 spiro atoms. The number of hydrogen-bond acceptors (Lipinski definition) is 2. The predicted molar refractivity (Wildman–Crippen MR) is 46.7 cm³/mol. The quantitative estimate of drug-likeness (QED) is 0.420. The number of alkyl halides is 1. The zero-order chi connectivity index (χ0) is 10.8. The number of azide groups is 1. The van der Waals surface area contributed by atoms with Crippen molar-refractivity contribution in [1.29, 1.82) is 0 Å². The van der Waals surface area contributed by atoms with Crippen molar-refractivity contribution in [3.63, 3.8) is 0 Å². The topological polar surface area (TPSA) is 89.3 Å². The minimum absolute atomic E-state index is 0.0828. The molecule has 1 aliphatic rings. The summed E-state index contributed by atoms with van der Waals surface area (Å²) >= 11 is 0. The van der Waals surface area contributed by atoms with Gasteiger partial charge >= 0.3 is 6.09 Å². The van der Waals surface area contributed by atoms with Crippen LogP contribution in [0.2, 0.25) is 0 Å². The van der Waals surface area contributed by atoms with Gasteiger partial charge in [0.1, 0.15) is 5.67 Å². The Morgan fingerprint density at radius 1 is 1.86 bits per heavy atom. The van der Waals surface area contributed by atoms with Gasteiger partial charge in [-0.1, -0.05) is 12.0 Å². The molecule has 0 aromatic rings. The minimum atomic E-state index is -1.72. The third-order valence-electron chi connectivity index (χ3n) is 2.50. The molecular weight excluding hydrogens is 191 g/mol. The second kappa shape index (κ2) is 3.71. The Hall–Kier alpha value is -1.49. The molecule has 0 bridgehead atoms. The van der Waals surface area contributed by atoms with Crippen LogP contribution in [0.25, 0.3) is 10.4 Å². The number of carboxylic acid groups (broad SMARTS) is 1. The largest absolute Gasteiger partial charge is 0.465 e. The van der Waals surface area contributed by atoms with Gasteiger partial charge in [-0.25, -0.2) is 9.18 Å². The van der Waals surface area contributed by atoms with Crippen LogP contribution in [-0.2, 0) is 0 Å². The van der Waals surface area contributed by atoms with Gasteiger partial charge in [0.05, 0.1) is 12.6 Å². The fourth-order valence-electron chi connectivity index (χ4n) is 1.48. The Bertz CT molecular complexity index is 291. The monoisotopic (exact) mass is 202 g/mol. The maximum Gasteiger partial charge on any atom is 0.407 e. The number of hydrogen-bond donors (Lipinski definition) is 1. The molecule has 0 aromatic heterocycles. The van der Waals surface area contributed by atoms with Crippen molar-refractivity contribution in [2.24, 2.45) is 5.11 Å². The first kappa shape index (κ1) is 10.6. The fraction of sp³-hybridized carbons (Fsp3) is 0.857. The highest BCUT2D eigenvalue weighted by Gasteiger charge is 2.44. The number of likely N-dealkylation sites (tertiary alicyclic amines) is 1. The van der Waals surface area contributed by atoms with Crippen LogP contribution >= 0.6 is 0 Å². The standard InChI is InChI=1S/C7H11FN4O2/c1-5(10-11-9)7(8)2-3-12(4-7)6(13)14/h5H,2-4H2,1H3,(H,13,14). The van der Waals surface area contributed by atoms with Crippen LogP contribution in [0.3, 0.4) is 0 Å². The summed E-state index contributed by atoms with van der Waals surface area (Å²) in [6, 6.07) is -0.836. The second-order valence-electron chi connectivity index (χ2n) is 3.37. The number of carbonyl (C=O) groups is 1. The maximum absolute atomic E-state index is 13.9. The van der Waals surface area contributed by atoms with Crippen molar-refractivity contribution < 1.29 is 14.3 Å². The zero-order valence-electron chi connectivity index (χ0n) is 7.72. The van der Waals surface area contributed by atoms with Crippen molar-refractivity contribution in [2.75, 3.05) is 13.1 Å². The third-order valence-corrected chi connectivity index (χ3v) is 2.50. The van der Waals surface area contributed by atoms with Gasteiger partial charge in [0.25, 0.3) is 0 Å². The molecule has 1 N–H and O–H groups in total. The number of rotatable bonds is 2. The van der Waals surface area contributed by atoms with Gasteiger partial charge in [0.15, 0.2) is 0 Å². The molecule has 0 saturated carbocycles. The molecule has 0 aliphatic carbocycles. The van der Waals surface area contributed by atoms with Crippen LogP contribution < -0.4 is 0 Å². The van der Waals surface area contributed by atoms with Crippen LogP contribution in [0.15, 0.2) is 5.11 Å². The Balaban J connectivity index is 2.70. The highest BCUT2D eigenvalue weighted by molar-refractivity contribution is 5.65. The van der Waals surface area contributed by atoms with Crippen molar-refractivity contribution in [3.8, 4) is 0 Å². The molecular formula is C7H11FN4O2. The van der Waals surface area contributed by atoms with Crippen molar-refractivity contribution >= 4 is 6.09 Å². The summed E-state index contributed by atoms with van der Waals surface area (Å²) in [5.74, 6) is 0. The summed E-state index contributed by atoms with van der Waals surface area (Å²) in [6.45, 7) is 1.38. The van der Waals surface area contributed by atoms with Crippen LogP contribution in [-0.4, -0.2) is 40.9 Å². The molecule has 0 aromatic carbocycles. The first-order chi connectivity index (χ1) is 6.49. The van der Waals surface area contributed by atoms with E-state index in [1.165, 1.54) is 6.92 Å². The average molecular weight is 202 g/mol. The zero-order valence-corrected chi connectivity index (χ0v) is 7.72. The lowest BCUT2D eigenvalue weighted by Crippen LogP contribution is -2.39. The minimum Gasteiger partial charge on any atom is -0.465 e. The lowest BCUT2D eigenvalue weighted by Gasteiger charge is -2.22. The van der Waals surface area contributed by atoms with Crippen LogP contribution in [0.4, 0.5) is 9.18 Å². The first-order valence-electron chi connectivity index (χ1n) is 4.20. The van der Waals surface area contributed by atoms with Crippen LogP contribution in [0.5, 0.6) is 0 Å². The van der Waals surface area contributed by atoms with Gasteiger partial charge in [0, 0.05) is 17.9 Å². The number of amides is 1. The lowest BCUT2D eigenvalue weighted by molar-refractivity contribution is 0.121. The molecule has 7 heteroatoms. The summed E-state index contributed by atoms with van der Waals surface area (Å²) in [4.78, 5) is 14.0. The Kier molecular flexibility index (Phi) is 2.81. The van der Waals surface area contributed by atoms with E-state index in [-0.39, 0.29) is 19.5 Å². The molecule has 2 atom stereocenters. The molecule has 1 saturated heterocycles. The normalized spacial score (nSPS) is 28.3. The van der Waals surface area contributed by atoms with E-state index < -0.39 is 17.8 Å². The van der Waals surface area contributed by atoms with E-state index >= 15 is 0 Å². The summed E-state index contributed by atoms with van der Waals surface area (Å²) < 4.78 is 13.9. The van der Waals surface area contributed by atoms with Crippen LogP contribution in [0.1, 0.15) is 13.3 Å². The molecule has 2 unspecified atom stereocenters. The number of halogens is 1. The van der Waals surface area contributed by atoms with E-state index in [4.69, 9.17) is 10.6 Å². The number of nitrogens with zero attached hydrogens (tertiary/aromatic N) is 4. The van der Waals surface area contributed by atoms with Gasteiger partial charge in [-0.05, 0) is 5.53 Å². The van der Waals surface area contributed by atoms with E-state index in [9.17, 15) is 9.18 Å². The third kappa shape index (κ3) is 1.88. The SMILES string of the molecule is CC(N=[N+]=[N-])C1(F)CCN(C(=O)O)C1. The van der Waals surface area contributed by atoms with Crippen molar-refractivity contribution in [2.45, 2.75) is 25.1 Å². The predicted octanol–water partition coefficient (Wildman–Crippen LogP) is 1.78. The summed E-state index contributed by atoms with van der Waals surface area (Å²) in [6.07, 6.45) is -1.06. The van der Waals surface area contributed by atoms with Crippen LogP contribution in [0, 0.1) is 0 Å². The van der Waals surface area contributed by atoms with Gasteiger partial charge in [0.2, 0.25) is 0 Å².